The summed E-state index contributed by atoms with van der Waals surface area (Å²) in [5.74, 6) is 0.662. The van der Waals surface area contributed by atoms with Crippen LogP contribution in [0.3, 0.4) is 0 Å². The minimum Gasteiger partial charge on any atom is -0.497 e. The van der Waals surface area contributed by atoms with E-state index in [9.17, 15) is 8.42 Å². The molecular weight excluding hydrogens is 420 g/mol. The van der Waals surface area contributed by atoms with E-state index in [0.29, 0.717) is 27.9 Å². The summed E-state index contributed by atoms with van der Waals surface area (Å²) in [4.78, 5) is 2.34. The molecule has 0 amide bonds. The first-order valence-corrected chi connectivity index (χ1v) is 11.9. The van der Waals surface area contributed by atoms with Gasteiger partial charge in [-0.3, -0.25) is 4.72 Å². The third kappa shape index (κ3) is 5.54. The van der Waals surface area contributed by atoms with Crippen LogP contribution in [0.15, 0.2) is 47.4 Å². The van der Waals surface area contributed by atoms with Crippen LogP contribution in [0.25, 0.3) is 0 Å². The molecule has 0 atom stereocenters. The molecule has 0 saturated carbocycles. The van der Waals surface area contributed by atoms with Crippen LogP contribution in [0.2, 0.25) is 0 Å². The SMILES string of the molecule is CCCNC(=S)Nc1ccc(N2CCCC2)c(S(=O)(=O)Nc2ccc(OC)cc2)c1. The average Bonchev–Trinajstić information content (AvgIpc) is 3.27. The highest BCUT2D eigenvalue weighted by atomic mass is 32.2. The Balaban J connectivity index is 1.91. The van der Waals surface area contributed by atoms with Crippen LogP contribution in [0.4, 0.5) is 17.1 Å². The van der Waals surface area contributed by atoms with Gasteiger partial charge in [0.1, 0.15) is 10.6 Å². The molecule has 1 aliphatic rings. The van der Waals surface area contributed by atoms with E-state index in [0.717, 1.165) is 38.9 Å². The van der Waals surface area contributed by atoms with Gasteiger partial charge >= 0.3 is 0 Å². The summed E-state index contributed by atoms with van der Waals surface area (Å²) in [7, 11) is -2.24. The van der Waals surface area contributed by atoms with Gasteiger partial charge in [-0.25, -0.2) is 8.42 Å². The molecule has 9 heteroatoms. The number of anilines is 3. The molecule has 30 heavy (non-hydrogen) atoms. The maximum absolute atomic E-state index is 13.3. The van der Waals surface area contributed by atoms with E-state index in [1.165, 1.54) is 0 Å². The second-order valence-corrected chi connectivity index (χ2v) is 9.15. The van der Waals surface area contributed by atoms with E-state index in [4.69, 9.17) is 17.0 Å². The van der Waals surface area contributed by atoms with E-state index >= 15 is 0 Å². The van der Waals surface area contributed by atoms with E-state index in [2.05, 4.69) is 27.2 Å². The first-order chi connectivity index (χ1) is 14.4. The fraction of sp³-hybridized carbons (Fsp3) is 0.381. The molecule has 162 valence electrons. The monoisotopic (exact) mass is 448 g/mol. The summed E-state index contributed by atoms with van der Waals surface area (Å²) in [5, 5.41) is 6.64. The van der Waals surface area contributed by atoms with Crippen molar-refractivity contribution in [2.75, 3.05) is 41.7 Å². The quantitative estimate of drug-likeness (QED) is 0.530. The number of benzene rings is 2. The lowest BCUT2D eigenvalue weighted by molar-refractivity contribution is 0.415. The van der Waals surface area contributed by atoms with E-state index < -0.39 is 10.0 Å². The van der Waals surface area contributed by atoms with Crippen molar-refractivity contribution < 1.29 is 13.2 Å². The molecule has 1 fully saturated rings. The van der Waals surface area contributed by atoms with Crippen molar-refractivity contribution in [1.29, 1.82) is 0 Å². The van der Waals surface area contributed by atoms with Crippen LogP contribution in [0.5, 0.6) is 5.75 Å². The molecule has 0 aromatic heterocycles. The highest BCUT2D eigenvalue weighted by Gasteiger charge is 2.25. The predicted octanol–water partition coefficient (Wildman–Crippen LogP) is 3.79. The number of hydrogen-bond donors (Lipinski definition) is 3. The first-order valence-electron chi connectivity index (χ1n) is 10.0. The minimum absolute atomic E-state index is 0.225. The highest BCUT2D eigenvalue weighted by molar-refractivity contribution is 7.93. The highest BCUT2D eigenvalue weighted by Crippen LogP contribution is 2.32. The van der Waals surface area contributed by atoms with Crippen molar-refractivity contribution in [3.8, 4) is 5.75 Å². The largest absolute Gasteiger partial charge is 0.497 e. The summed E-state index contributed by atoms with van der Waals surface area (Å²) in [6.07, 6.45) is 3.05. The number of ether oxygens (including phenoxy) is 1. The van der Waals surface area contributed by atoms with Gasteiger partial charge in [-0.1, -0.05) is 6.92 Å². The van der Waals surface area contributed by atoms with Gasteiger partial charge in [0.25, 0.3) is 10.0 Å². The molecule has 7 nitrogen and oxygen atoms in total. The van der Waals surface area contributed by atoms with E-state index in [1.807, 2.05) is 12.1 Å². The predicted molar refractivity (Wildman–Crippen MR) is 126 cm³/mol. The van der Waals surface area contributed by atoms with Gasteiger partial charge in [0.15, 0.2) is 5.11 Å². The smallest absolute Gasteiger partial charge is 0.264 e. The number of rotatable bonds is 8. The number of methoxy groups -OCH3 is 1. The van der Waals surface area contributed by atoms with Gasteiger partial charge in [0.05, 0.1) is 12.8 Å². The summed E-state index contributed by atoms with van der Waals surface area (Å²) < 4.78 is 34.4. The van der Waals surface area contributed by atoms with Crippen molar-refractivity contribution in [3.63, 3.8) is 0 Å². The molecule has 0 unspecified atom stereocenters. The molecule has 0 spiro atoms. The molecule has 3 N–H and O–H groups in total. The van der Waals surface area contributed by atoms with Crippen molar-refractivity contribution in [2.24, 2.45) is 0 Å². The van der Waals surface area contributed by atoms with Crippen molar-refractivity contribution >= 4 is 44.4 Å². The summed E-state index contributed by atoms with van der Waals surface area (Å²) in [6, 6.07) is 12.1. The third-order valence-electron chi connectivity index (χ3n) is 4.83. The van der Waals surface area contributed by atoms with Gasteiger partial charge in [0.2, 0.25) is 0 Å². The van der Waals surface area contributed by atoms with Gasteiger partial charge in [-0.2, -0.15) is 0 Å². The Labute approximate surface area is 183 Å². The fourth-order valence-electron chi connectivity index (χ4n) is 3.31. The maximum Gasteiger partial charge on any atom is 0.264 e. The summed E-state index contributed by atoms with van der Waals surface area (Å²) in [6.45, 7) is 4.49. The molecule has 0 aliphatic carbocycles. The Hall–Kier alpha value is -2.52. The van der Waals surface area contributed by atoms with Gasteiger partial charge < -0.3 is 20.3 Å². The lowest BCUT2D eigenvalue weighted by Gasteiger charge is -2.23. The summed E-state index contributed by atoms with van der Waals surface area (Å²) >= 11 is 5.30. The van der Waals surface area contributed by atoms with Crippen LogP contribution in [0.1, 0.15) is 26.2 Å². The van der Waals surface area contributed by atoms with Crippen LogP contribution < -0.4 is 25.0 Å². The van der Waals surface area contributed by atoms with E-state index in [-0.39, 0.29) is 4.90 Å². The number of sulfonamides is 1. The van der Waals surface area contributed by atoms with Crippen molar-refractivity contribution in [2.45, 2.75) is 31.1 Å². The second-order valence-electron chi connectivity index (χ2n) is 7.09. The number of nitrogens with one attached hydrogen (secondary N) is 3. The Morgan fingerprint density at radius 3 is 2.40 bits per heavy atom. The molecule has 1 aliphatic heterocycles. The molecule has 3 rings (SSSR count). The Kier molecular flexibility index (Phi) is 7.38. The van der Waals surface area contributed by atoms with Crippen LogP contribution in [-0.4, -0.2) is 40.3 Å². The fourth-order valence-corrected chi connectivity index (χ4v) is 4.84. The molecule has 2 aromatic rings. The van der Waals surface area contributed by atoms with Crippen LogP contribution in [-0.2, 0) is 10.0 Å². The average molecular weight is 449 g/mol. The standard InChI is InChI=1S/C21H28N4O3S2/c1-3-12-22-21(29)23-17-8-11-19(25-13-4-5-14-25)20(15-17)30(26,27)24-16-6-9-18(28-2)10-7-16/h6-11,15,24H,3-5,12-14H2,1-2H3,(H2,22,23,29). The molecule has 2 aromatic carbocycles. The third-order valence-corrected chi connectivity index (χ3v) is 6.49. The maximum atomic E-state index is 13.3. The number of thiocarbonyl (C=S) groups is 1. The zero-order chi connectivity index (χ0) is 21.6. The van der Waals surface area contributed by atoms with Crippen molar-refractivity contribution in [1.82, 2.24) is 5.32 Å². The normalized spacial score (nSPS) is 13.7. The zero-order valence-corrected chi connectivity index (χ0v) is 18.9. The lowest BCUT2D eigenvalue weighted by atomic mass is 10.2. The van der Waals surface area contributed by atoms with Gasteiger partial charge in [-0.15, -0.1) is 0 Å². The van der Waals surface area contributed by atoms with Crippen LogP contribution >= 0.6 is 12.2 Å². The lowest BCUT2D eigenvalue weighted by Crippen LogP contribution is -2.29. The number of hydrogen-bond acceptors (Lipinski definition) is 5. The molecule has 1 saturated heterocycles. The number of nitrogens with zero attached hydrogens (tertiary/aromatic N) is 1. The Morgan fingerprint density at radius 2 is 1.77 bits per heavy atom. The van der Waals surface area contributed by atoms with Gasteiger partial charge in [0, 0.05) is 31.0 Å². The topological polar surface area (TPSA) is 82.7 Å². The molecule has 0 radical (unpaired) electrons. The second kappa shape index (κ2) is 9.99. The summed E-state index contributed by atoms with van der Waals surface area (Å²) in [5.41, 5.74) is 1.80. The Bertz CT molecular complexity index is 972. The molecule has 1 heterocycles. The zero-order valence-electron chi connectivity index (χ0n) is 17.3. The van der Waals surface area contributed by atoms with Crippen molar-refractivity contribution in [3.05, 3.63) is 42.5 Å². The minimum atomic E-state index is -3.81. The Morgan fingerprint density at radius 1 is 1.10 bits per heavy atom. The molecular formula is C21H28N4O3S2. The van der Waals surface area contributed by atoms with Crippen LogP contribution in [0, 0.1) is 0 Å². The first kappa shape index (κ1) is 22.2. The van der Waals surface area contributed by atoms with E-state index in [1.54, 1.807) is 37.4 Å². The molecule has 0 bridgehead atoms. The van der Waals surface area contributed by atoms with Gasteiger partial charge in [-0.05, 0) is 73.9 Å².